The molecule has 0 aliphatic rings. The number of anilines is 1. The average Bonchev–Trinajstić information content (AvgIpc) is 3.15. The lowest BCUT2D eigenvalue weighted by molar-refractivity contribution is 0.0952. The first-order chi connectivity index (χ1) is 15.4. The third kappa shape index (κ3) is 6.48. The number of rotatable bonds is 11. The van der Waals surface area contributed by atoms with Gasteiger partial charge < -0.3 is 15.4 Å². The molecule has 11 heteroatoms. The summed E-state index contributed by atoms with van der Waals surface area (Å²) in [4.78, 5) is 21.8. The van der Waals surface area contributed by atoms with E-state index < -0.39 is 0 Å². The van der Waals surface area contributed by atoms with Crippen LogP contribution in [0.1, 0.15) is 31.1 Å². The van der Waals surface area contributed by atoms with Gasteiger partial charge in [0.05, 0.1) is 35.3 Å². The summed E-state index contributed by atoms with van der Waals surface area (Å²) in [5, 5.41) is 13.3. The second-order valence-electron chi connectivity index (χ2n) is 7.13. The maximum Gasteiger partial charge on any atom is 0.252 e. The summed E-state index contributed by atoms with van der Waals surface area (Å²) >= 11 is 13.7. The molecule has 1 amide bonds. The zero-order valence-electron chi connectivity index (χ0n) is 18.2. The second-order valence-corrected chi connectivity index (χ2v) is 9.52. The molecule has 3 aromatic rings. The smallest absolute Gasteiger partial charge is 0.252 e. The lowest BCUT2D eigenvalue weighted by Crippen LogP contribution is -2.27. The van der Waals surface area contributed by atoms with Gasteiger partial charge in [-0.05, 0) is 25.1 Å². The van der Waals surface area contributed by atoms with Crippen molar-refractivity contribution in [3.63, 3.8) is 0 Å². The van der Waals surface area contributed by atoms with Crippen LogP contribution >= 0.6 is 35.0 Å². The van der Waals surface area contributed by atoms with Gasteiger partial charge in [-0.25, -0.2) is 14.6 Å². The lowest BCUT2D eigenvalue weighted by Gasteiger charge is -2.11. The van der Waals surface area contributed by atoms with E-state index in [0.29, 0.717) is 64.5 Å². The summed E-state index contributed by atoms with van der Waals surface area (Å²) in [5.74, 6) is 0.428. The summed E-state index contributed by atoms with van der Waals surface area (Å²) in [6, 6.07) is 4.79. The Balaban J connectivity index is 1.74. The summed E-state index contributed by atoms with van der Waals surface area (Å²) < 4.78 is 7.16. The summed E-state index contributed by atoms with van der Waals surface area (Å²) in [5.41, 5.74) is 1.04. The number of ether oxygens (including phenoxy) is 1. The molecule has 0 fully saturated rings. The molecule has 0 saturated heterocycles. The van der Waals surface area contributed by atoms with Gasteiger partial charge in [0, 0.05) is 30.0 Å². The number of nitrogens with zero attached hydrogens (tertiary/aromatic N) is 4. The van der Waals surface area contributed by atoms with E-state index in [1.807, 2.05) is 6.92 Å². The zero-order valence-corrected chi connectivity index (χ0v) is 20.5. The van der Waals surface area contributed by atoms with Crippen LogP contribution in [0.3, 0.4) is 0 Å². The number of benzene rings is 1. The topological polar surface area (TPSA) is 94.0 Å². The number of fused-ring (bicyclic) bond motifs is 1. The molecule has 3 rings (SSSR count). The average molecular weight is 497 g/mol. The first-order valence-corrected chi connectivity index (χ1v) is 12.0. The third-order valence-corrected chi connectivity index (χ3v) is 5.77. The molecule has 8 nitrogen and oxygen atoms in total. The van der Waals surface area contributed by atoms with E-state index in [2.05, 4.69) is 34.6 Å². The Morgan fingerprint density at radius 3 is 2.81 bits per heavy atom. The Morgan fingerprint density at radius 1 is 1.25 bits per heavy atom. The van der Waals surface area contributed by atoms with Crippen LogP contribution in [0.5, 0.6) is 0 Å². The van der Waals surface area contributed by atoms with Crippen LogP contribution in [0.15, 0.2) is 29.6 Å². The molecule has 0 aliphatic carbocycles. The quantitative estimate of drug-likeness (QED) is 0.229. The predicted molar refractivity (Wildman–Crippen MR) is 130 cm³/mol. The highest BCUT2D eigenvalue weighted by atomic mass is 35.5. The fraction of sp³-hybridized carbons (Fsp3) is 0.429. The first-order valence-electron chi connectivity index (χ1n) is 10.3. The van der Waals surface area contributed by atoms with E-state index in [1.165, 1.54) is 0 Å². The van der Waals surface area contributed by atoms with Crippen molar-refractivity contribution in [2.45, 2.75) is 37.7 Å². The minimum absolute atomic E-state index is 0.294. The highest BCUT2D eigenvalue weighted by Crippen LogP contribution is 2.26. The van der Waals surface area contributed by atoms with Gasteiger partial charge in [-0.1, -0.05) is 48.8 Å². The molecule has 0 saturated carbocycles. The first kappa shape index (κ1) is 24.6. The maximum absolute atomic E-state index is 12.5. The molecule has 0 unspecified atom stereocenters. The molecule has 2 aromatic heterocycles. The van der Waals surface area contributed by atoms with Crippen molar-refractivity contribution in [2.75, 3.05) is 31.6 Å². The molecule has 0 radical (unpaired) electrons. The Hall–Kier alpha value is -2.07. The minimum atomic E-state index is -0.294. The number of thioether (sulfide) groups is 1. The number of carbonyl (C=O) groups excluding carboxylic acids is 1. The van der Waals surface area contributed by atoms with Gasteiger partial charge in [0.25, 0.3) is 5.91 Å². The van der Waals surface area contributed by atoms with E-state index >= 15 is 0 Å². The van der Waals surface area contributed by atoms with Gasteiger partial charge in [0.1, 0.15) is 5.82 Å². The number of amides is 1. The van der Waals surface area contributed by atoms with E-state index in [1.54, 1.807) is 40.8 Å². The molecule has 0 aliphatic heterocycles. The van der Waals surface area contributed by atoms with Crippen molar-refractivity contribution in [1.82, 2.24) is 25.1 Å². The van der Waals surface area contributed by atoms with Gasteiger partial charge in [-0.15, -0.1) is 0 Å². The van der Waals surface area contributed by atoms with E-state index in [4.69, 9.17) is 32.9 Å². The van der Waals surface area contributed by atoms with E-state index in [9.17, 15) is 4.79 Å². The van der Waals surface area contributed by atoms with Gasteiger partial charge in [-0.3, -0.25) is 4.79 Å². The molecule has 0 atom stereocenters. The van der Waals surface area contributed by atoms with Crippen LogP contribution < -0.4 is 10.6 Å². The molecule has 172 valence electrons. The number of aromatic nitrogens is 4. The van der Waals surface area contributed by atoms with E-state index in [-0.39, 0.29) is 5.91 Å². The summed E-state index contributed by atoms with van der Waals surface area (Å²) in [6.45, 7) is 8.82. The number of halogens is 2. The minimum Gasteiger partial charge on any atom is -0.380 e. The van der Waals surface area contributed by atoms with Crippen LogP contribution in [0, 0.1) is 0 Å². The van der Waals surface area contributed by atoms with Crippen molar-refractivity contribution in [3.05, 3.63) is 40.0 Å². The normalized spacial score (nSPS) is 11.3. The lowest BCUT2D eigenvalue weighted by atomic mass is 10.2. The summed E-state index contributed by atoms with van der Waals surface area (Å²) in [6.07, 6.45) is 1.73. The van der Waals surface area contributed by atoms with E-state index in [0.717, 1.165) is 11.2 Å². The number of hydrogen-bond acceptors (Lipinski definition) is 7. The van der Waals surface area contributed by atoms with Gasteiger partial charge >= 0.3 is 0 Å². The third-order valence-electron chi connectivity index (χ3n) is 4.34. The summed E-state index contributed by atoms with van der Waals surface area (Å²) in [7, 11) is 0. The number of hydrogen-bond donors (Lipinski definition) is 2. The van der Waals surface area contributed by atoms with Crippen LogP contribution in [-0.2, 0) is 11.3 Å². The molecule has 1 aromatic carbocycles. The fourth-order valence-corrected chi connectivity index (χ4v) is 4.01. The second kappa shape index (κ2) is 11.7. The Labute approximate surface area is 201 Å². The fourth-order valence-electron chi connectivity index (χ4n) is 2.93. The number of carbonyl (C=O) groups is 1. The van der Waals surface area contributed by atoms with Gasteiger partial charge in [0.15, 0.2) is 10.8 Å². The van der Waals surface area contributed by atoms with Crippen molar-refractivity contribution in [2.24, 2.45) is 0 Å². The maximum atomic E-state index is 12.5. The largest absolute Gasteiger partial charge is 0.380 e. The predicted octanol–water partition coefficient (Wildman–Crippen LogP) is 4.51. The highest BCUT2D eigenvalue weighted by Gasteiger charge is 2.15. The SMILES string of the molecule is CCOCCNc1nc(SC(C)C)nc2c1cnn2CCNC(=O)c1cc(Cl)ccc1Cl. The molecule has 2 heterocycles. The van der Waals surface area contributed by atoms with Crippen molar-refractivity contribution >= 4 is 57.7 Å². The van der Waals surface area contributed by atoms with Crippen LogP contribution in [0.25, 0.3) is 11.0 Å². The Kier molecular flexibility index (Phi) is 8.98. The van der Waals surface area contributed by atoms with Crippen molar-refractivity contribution < 1.29 is 9.53 Å². The molecule has 32 heavy (non-hydrogen) atoms. The Morgan fingerprint density at radius 2 is 2.06 bits per heavy atom. The molecular formula is C21H26Cl2N6O2S. The zero-order chi connectivity index (χ0) is 23.1. The molecular weight excluding hydrogens is 471 g/mol. The van der Waals surface area contributed by atoms with Crippen molar-refractivity contribution in [1.29, 1.82) is 0 Å². The van der Waals surface area contributed by atoms with Crippen LogP contribution in [0.2, 0.25) is 10.0 Å². The van der Waals surface area contributed by atoms with Crippen molar-refractivity contribution in [3.8, 4) is 0 Å². The highest BCUT2D eigenvalue weighted by molar-refractivity contribution is 7.99. The van der Waals surface area contributed by atoms with Crippen LogP contribution in [-0.4, -0.2) is 57.2 Å². The standard InChI is InChI=1S/C21H26Cl2N6O2S/c1-4-31-10-8-24-18-16-12-26-29(19(16)28-21(27-18)32-13(2)3)9-7-25-20(30)15-11-14(22)5-6-17(15)23/h5-6,11-13H,4,7-10H2,1-3H3,(H,25,30)(H,24,27,28). The molecule has 2 N–H and O–H groups in total. The Bertz CT molecular complexity index is 1080. The van der Waals surface area contributed by atoms with Gasteiger partial charge in [0.2, 0.25) is 0 Å². The molecule has 0 spiro atoms. The van der Waals surface area contributed by atoms with Gasteiger partial charge in [-0.2, -0.15) is 5.10 Å². The monoisotopic (exact) mass is 496 g/mol. The number of nitrogens with one attached hydrogen (secondary N) is 2. The molecule has 0 bridgehead atoms. The van der Waals surface area contributed by atoms with Crippen LogP contribution in [0.4, 0.5) is 5.82 Å².